The summed E-state index contributed by atoms with van der Waals surface area (Å²) in [5.41, 5.74) is 3.66. The molecular weight excluding hydrogens is 318 g/mol. The summed E-state index contributed by atoms with van der Waals surface area (Å²) in [5, 5.41) is 11.1. The van der Waals surface area contributed by atoms with Gasteiger partial charge in [-0.25, -0.2) is 0 Å². The second-order valence-electron chi connectivity index (χ2n) is 6.34. The Morgan fingerprint density at radius 3 is 2.36 bits per heavy atom. The summed E-state index contributed by atoms with van der Waals surface area (Å²) >= 11 is 0. The molecule has 6 heteroatoms. The Bertz CT molecular complexity index is 811. The minimum Gasteiger partial charge on any atom is -0.368 e. The van der Waals surface area contributed by atoms with Crippen LogP contribution in [0.3, 0.4) is 0 Å². The number of para-hydroxylation sites is 1. The smallest absolute Gasteiger partial charge is 0.282 e. The molecule has 0 saturated carbocycles. The fraction of sp³-hybridized carbons (Fsp3) is 0.316. The lowest BCUT2D eigenvalue weighted by Gasteiger charge is -2.36. The van der Waals surface area contributed by atoms with Crippen molar-refractivity contribution in [1.82, 2.24) is 4.90 Å². The normalized spacial score (nSPS) is 14.5. The molecule has 0 spiro atoms. The molecule has 0 aliphatic carbocycles. The molecule has 6 nitrogen and oxygen atoms in total. The van der Waals surface area contributed by atoms with Crippen molar-refractivity contribution in [2.45, 2.75) is 13.8 Å². The zero-order valence-electron chi connectivity index (χ0n) is 14.4. The Morgan fingerprint density at radius 2 is 1.72 bits per heavy atom. The van der Waals surface area contributed by atoms with Gasteiger partial charge in [0.25, 0.3) is 11.6 Å². The van der Waals surface area contributed by atoms with Crippen LogP contribution in [0.5, 0.6) is 0 Å². The van der Waals surface area contributed by atoms with Crippen molar-refractivity contribution in [3.05, 3.63) is 69.3 Å². The molecule has 0 N–H and O–H groups in total. The van der Waals surface area contributed by atoms with E-state index in [1.807, 2.05) is 0 Å². The number of nitro benzene ring substituents is 1. The molecule has 2 aromatic carbocycles. The van der Waals surface area contributed by atoms with Crippen molar-refractivity contribution in [2.75, 3.05) is 31.1 Å². The van der Waals surface area contributed by atoms with Crippen LogP contribution in [0.15, 0.2) is 42.5 Å². The number of carbonyl (C=O) groups excluding carboxylic acids is 1. The summed E-state index contributed by atoms with van der Waals surface area (Å²) in [4.78, 5) is 27.3. The zero-order chi connectivity index (χ0) is 18.0. The fourth-order valence-corrected chi connectivity index (χ4v) is 3.29. The minimum absolute atomic E-state index is 0.135. The number of piperazine rings is 1. The van der Waals surface area contributed by atoms with E-state index < -0.39 is 4.92 Å². The highest BCUT2D eigenvalue weighted by molar-refractivity contribution is 5.98. The van der Waals surface area contributed by atoms with E-state index in [2.05, 4.69) is 36.9 Å². The number of amides is 1. The van der Waals surface area contributed by atoms with Gasteiger partial charge in [-0.15, -0.1) is 0 Å². The van der Waals surface area contributed by atoms with Gasteiger partial charge in [0.15, 0.2) is 0 Å². The van der Waals surface area contributed by atoms with E-state index >= 15 is 0 Å². The molecule has 1 aliphatic rings. The fourth-order valence-electron chi connectivity index (χ4n) is 3.29. The van der Waals surface area contributed by atoms with Crippen LogP contribution in [0.1, 0.15) is 21.5 Å². The van der Waals surface area contributed by atoms with Gasteiger partial charge in [-0.1, -0.05) is 29.8 Å². The molecule has 25 heavy (non-hydrogen) atoms. The van der Waals surface area contributed by atoms with Gasteiger partial charge in [-0.3, -0.25) is 14.9 Å². The number of anilines is 1. The number of carbonyl (C=O) groups is 1. The molecule has 1 saturated heterocycles. The Morgan fingerprint density at radius 1 is 1.04 bits per heavy atom. The number of nitro groups is 1. The van der Waals surface area contributed by atoms with Gasteiger partial charge in [0.2, 0.25) is 0 Å². The van der Waals surface area contributed by atoms with E-state index in [4.69, 9.17) is 0 Å². The second kappa shape index (κ2) is 6.93. The van der Waals surface area contributed by atoms with Gasteiger partial charge in [0.05, 0.1) is 4.92 Å². The van der Waals surface area contributed by atoms with E-state index in [0.717, 1.165) is 13.1 Å². The van der Waals surface area contributed by atoms with Gasteiger partial charge < -0.3 is 9.80 Å². The number of rotatable bonds is 3. The Kier molecular flexibility index (Phi) is 4.70. The third-order valence-electron chi connectivity index (χ3n) is 4.59. The van der Waals surface area contributed by atoms with Crippen LogP contribution in [-0.4, -0.2) is 41.9 Å². The van der Waals surface area contributed by atoms with Gasteiger partial charge >= 0.3 is 0 Å². The van der Waals surface area contributed by atoms with Crippen molar-refractivity contribution in [2.24, 2.45) is 0 Å². The molecule has 1 heterocycles. The molecule has 0 bridgehead atoms. The van der Waals surface area contributed by atoms with Crippen LogP contribution in [0, 0.1) is 24.0 Å². The Balaban J connectivity index is 1.72. The third-order valence-corrected chi connectivity index (χ3v) is 4.59. The first-order valence-electron chi connectivity index (χ1n) is 8.32. The number of nitrogens with zero attached hydrogens (tertiary/aromatic N) is 3. The minimum atomic E-state index is -0.501. The predicted molar refractivity (Wildman–Crippen MR) is 97.1 cm³/mol. The molecule has 0 aromatic heterocycles. The summed E-state index contributed by atoms with van der Waals surface area (Å²) in [5.74, 6) is -0.271. The maximum atomic E-state index is 12.7. The summed E-state index contributed by atoms with van der Waals surface area (Å²) in [6, 6.07) is 12.5. The highest BCUT2D eigenvalue weighted by Gasteiger charge is 2.27. The van der Waals surface area contributed by atoms with Crippen molar-refractivity contribution >= 4 is 17.3 Å². The van der Waals surface area contributed by atoms with Crippen LogP contribution < -0.4 is 4.90 Å². The largest absolute Gasteiger partial charge is 0.368 e. The lowest BCUT2D eigenvalue weighted by atomic mass is 10.1. The SMILES string of the molecule is Cc1ccc(N2CCN(C(=O)c3ccccc3[N+](=O)[O-])CC2)c(C)c1. The van der Waals surface area contributed by atoms with Gasteiger partial charge in [0.1, 0.15) is 5.56 Å². The molecule has 130 valence electrons. The quantitative estimate of drug-likeness (QED) is 0.636. The van der Waals surface area contributed by atoms with Crippen molar-refractivity contribution < 1.29 is 9.72 Å². The van der Waals surface area contributed by atoms with Crippen LogP contribution in [0.2, 0.25) is 0 Å². The standard InChI is InChI=1S/C19H21N3O3/c1-14-7-8-17(15(2)13-14)20-9-11-21(12-10-20)19(23)16-5-3-4-6-18(16)22(24)25/h3-8,13H,9-12H2,1-2H3. The van der Waals surface area contributed by atoms with E-state index in [1.165, 1.54) is 28.9 Å². The average molecular weight is 339 g/mol. The Hall–Kier alpha value is -2.89. The first-order chi connectivity index (χ1) is 12.0. The number of aryl methyl sites for hydroxylation is 2. The van der Waals surface area contributed by atoms with Crippen molar-refractivity contribution in [1.29, 1.82) is 0 Å². The maximum Gasteiger partial charge on any atom is 0.282 e. The molecule has 0 atom stereocenters. The van der Waals surface area contributed by atoms with Gasteiger partial charge in [0, 0.05) is 37.9 Å². The third kappa shape index (κ3) is 3.47. The van der Waals surface area contributed by atoms with Crippen LogP contribution >= 0.6 is 0 Å². The summed E-state index contributed by atoms with van der Waals surface area (Å²) in [6.07, 6.45) is 0. The molecule has 2 aromatic rings. The molecule has 3 rings (SSSR count). The van der Waals surface area contributed by atoms with Gasteiger partial charge in [-0.05, 0) is 31.5 Å². The van der Waals surface area contributed by atoms with Crippen LogP contribution in [0.4, 0.5) is 11.4 Å². The van der Waals surface area contributed by atoms with Crippen LogP contribution in [-0.2, 0) is 0 Å². The summed E-state index contributed by atoms with van der Waals surface area (Å²) < 4.78 is 0. The first kappa shape index (κ1) is 17.0. The molecular formula is C19H21N3O3. The second-order valence-corrected chi connectivity index (χ2v) is 6.34. The van der Waals surface area contributed by atoms with E-state index in [-0.39, 0.29) is 17.2 Å². The Labute approximate surface area is 146 Å². The molecule has 0 radical (unpaired) electrons. The maximum absolute atomic E-state index is 12.7. The summed E-state index contributed by atoms with van der Waals surface area (Å²) in [6.45, 7) is 6.70. The lowest BCUT2D eigenvalue weighted by Crippen LogP contribution is -2.49. The molecule has 1 aliphatic heterocycles. The zero-order valence-corrected chi connectivity index (χ0v) is 14.4. The van der Waals surface area contributed by atoms with Crippen molar-refractivity contribution in [3.8, 4) is 0 Å². The molecule has 0 unspecified atom stereocenters. The topological polar surface area (TPSA) is 66.7 Å². The monoisotopic (exact) mass is 339 g/mol. The molecule has 1 amide bonds. The highest BCUT2D eigenvalue weighted by atomic mass is 16.6. The predicted octanol–water partition coefficient (Wildman–Crippen LogP) is 3.17. The lowest BCUT2D eigenvalue weighted by molar-refractivity contribution is -0.385. The van der Waals surface area contributed by atoms with Crippen LogP contribution in [0.25, 0.3) is 0 Å². The van der Waals surface area contributed by atoms with E-state index in [0.29, 0.717) is 13.1 Å². The number of hydrogen-bond donors (Lipinski definition) is 0. The van der Waals surface area contributed by atoms with Crippen molar-refractivity contribution in [3.63, 3.8) is 0 Å². The number of benzene rings is 2. The van der Waals surface area contributed by atoms with E-state index in [9.17, 15) is 14.9 Å². The number of hydrogen-bond acceptors (Lipinski definition) is 4. The van der Waals surface area contributed by atoms with Gasteiger partial charge in [-0.2, -0.15) is 0 Å². The van der Waals surface area contributed by atoms with E-state index in [1.54, 1.807) is 17.0 Å². The summed E-state index contributed by atoms with van der Waals surface area (Å²) in [7, 11) is 0. The highest BCUT2D eigenvalue weighted by Crippen LogP contribution is 2.24. The first-order valence-corrected chi connectivity index (χ1v) is 8.32. The average Bonchev–Trinajstić information content (AvgIpc) is 2.61. The molecule has 1 fully saturated rings.